The van der Waals surface area contributed by atoms with Crippen LogP contribution in [-0.4, -0.2) is 7.11 Å². The maximum absolute atomic E-state index is 9.21. The van der Waals surface area contributed by atoms with E-state index in [1.165, 1.54) is 0 Å². The van der Waals surface area contributed by atoms with Crippen molar-refractivity contribution in [2.75, 3.05) is 12.8 Å². The lowest BCUT2D eigenvalue weighted by atomic mass is 9.99. The van der Waals surface area contributed by atoms with Gasteiger partial charge in [0.25, 0.3) is 0 Å². The van der Waals surface area contributed by atoms with E-state index in [2.05, 4.69) is 6.07 Å². The molecular formula is C14H13ClN2O2. The second-order valence-electron chi connectivity index (χ2n) is 4.19. The van der Waals surface area contributed by atoms with Crippen LogP contribution in [0.5, 0.6) is 5.75 Å². The SMILES string of the molecule is COc1c(C)cc(Cl)cc1-c1c(C)oc(N)c1C#N. The minimum atomic E-state index is 0.106. The number of nitrogens with two attached hydrogens (primary N) is 1. The number of hydrogen-bond donors (Lipinski definition) is 1. The predicted octanol–water partition coefficient (Wildman–Crippen LogP) is 3.68. The van der Waals surface area contributed by atoms with Crippen LogP contribution in [0.25, 0.3) is 11.1 Å². The Bertz CT molecular complexity index is 684. The molecular weight excluding hydrogens is 264 g/mol. The highest BCUT2D eigenvalue weighted by Gasteiger charge is 2.21. The van der Waals surface area contributed by atoms with Gasteiger partial charge in [-0.2, -0.15) is 5.26 Å². The van der Waals surface area contributed by atoms with Gasteiger partial charge in [-0.15, -0.1) is 0 Å². The summed E-state index contributed by atoms with van der Waals surface area (Å²) in [6.45, 7) is 3.64. The number of aryl methyl sites for hydroxylation is 2. The van der Waals surface area contributed by atoms with E-state index in [0.29, 0.717) is 33.2 Å². The Morgan fingerprint density at radius 3 is 2.63 bits per heavy atom. The molecule has 4 nitrogen and oxygen atoms in total. The minimum absolute atomic E-state index is 0.106. The van der Waals surface area contributed by atoms with Crippen molar-refractivity contribution in [2.45, 2.75) is 13.8 Å². The van der Waals surface area contributed by atoms with Crippen molar-refractivity contribution in [3.63, 3.8) is 0 Å². The molecule has 0 fully saturated rings. The molecule has 0 bridgehead atoms. The van der Waals surface area contributed by atoms with E-state index in [1.54, 1.807) is 26.2 Å². The number of furan rings is 1. The molecule has 0 aliphatic heterocycles. The van der Waals surface area contributed by atoms with Crippen molar-refractivity contribution >= 4 is 17.5 Å². The topological polar surface area (TPSA) is 72.2 Å². The Kier molecular flexibility index (Phi) is 3.41. The predicted molar refractivity (Wildman–Crippen MR) is 74.3 cm³/mol. The first-order valence-corrected chi connectivity index (χ1v) is 6.00. The zero-order valence-corrected chi connectivity index (χ0v) is 11.6. The molecule has 2 N–H and O–H groups in total. The Hall–Kier alpha value is -2.12. The number of benzene rings is 1. The Morgan fingerprint density at radius 1 is 1.37 bits per heavy atom. The number of anilines is 1. The number of nitriles is 1. The second-order valence-corrected chi connectivity index (χ2v) is 4.62. The summed E-state index contributed by atoms with van der Waals surface area (Å²) in [6, 6.07) is 5.60. The molecule has 2 aromatic rings. The van der Waals surface area contributed by atoms with Crippen LogP contribution >= 0.6 is 11.6 Å². The summed E-state index contributed by atoms with van der Waals surface area (Å²) >= 11 is 6.08. The van der Waals surface area contributed by atoms with Gasteiger partial charge in [0.05, 0.1) is 7.11 Å². The van der Waals surface area contributed by atoms with Gasteiger partial charge in [0.2, 0.25) is 5.88 Å². The molecule has 0 radical (unpaired) electrons. The molecule has 0 unspecified atom stereocenters. The summed E-state index contributed by atoms with van der Waals surface area (Å²) < 4.78 is 10.7. The molecule has 1 aromatic carbocycles. The molecule has 98 valence electrons. The zero-order chi connectivity index (χ0) is 14.2. The first kappa shape index (κ1) is 13.3. The molecule has 1 heterocycles. The lowest BCUT2D eigenvalue weighted by Gasteiger charge is -2.12. The standard InChI is InChI=1S/C14H13ClN2O2/c1-7-4-9(15)5-10(13(7)18-3)12-8(2)19-14(17)11(12)6-16/h4-5H,17H2,1-3H3. The molecule has 0 spiro atoms. The van der Waals surface area contributed by atoms with E-state index in [4.69, 9.17) is 26.5 Å². The van der Waals surface area contributed by atoms with E-state index >= 15 is 0 Å². The van der Waals surface area contributed by atoms with E-state index in [-0.39, 0.29) is 5.88 Å². The Balaban J connectivity index is 2.83. The van der Waals surface area contributed by atoms with Crippen LogP contribution in [0.3, 0.4) is 0 Å². The highest BCUT2D eigenvalue weighted by atomic mass is 35.5. The van der Waals surface area contributed by atoms with E-state index < -0.39 is 0 Å². The van der Waals surface area contributed by atoms with Crippen LogP contribution in [0.2, 0.25) is 5.02 Å². The van der Waals surface area contributed by atoms with Crippen LogP contribution in [0.1, 0.15) is 16.9 Å². The molecule has 0 aliphatic carbocycles. The molecule has 5 heteroatoms. The Morgan fingerprint density at radius 2 is 2.05 bits per heavy atom. The minimum Gasteiger partial charge on any atom is -0.496 e. The second kappa shape index (κ2) is 4.87. The molecule has 2 rings (SSSR count). The molecule has 0 aliphatic rings. The van der Waals surface area contributed by atoms with Crippen molar-refractivity contribution in [1.29, 1.82) is 5.26 Å². The molecule has 1 aromatic heterocycles. The van der Waals surface area contributed by atoms with Crippen molar-refractivity contribution in [1.82, 2.24) is 0 Å². The highest BCUT2D eigenvalue weighted by molar-refractivity contribution is 6.31. The summed E-state index contributed by atoms with van der Waals surface area (Å²) in [5.41, 5.74) is 8.22. The van der Waals surface area contributed by atoms with Gasteiger partial charge in [0.1, 0.15) is 23.1 Å². The molecule has 19 heavy (non-hydrogen) atoms. The average molecular weight is 277 g/mol. The van der Waals surface area contributed by atoms with E-state index in [0.717, 1.165) is 5.56 Å². The van der Waals surface area contributed by atoms with E-state index in [1.807, 2.05) is 6.92 Å². The van der Waals surface area contributed by atoms with Gasteiger partial charge in [0.15, 0.2) is 0 Å². The number of nitrogen functional groups attached to an aromatic ring is 1. The normalized spacial score (nSPS) is 10.3. The van der Waals surface area contributed by atoms with E-state index in [9.17, 15) is 5.26 Å². The summed E-state index contributed by atoms with van der Waals surface area (Å²) in [5.74, 6) is 1.33. The van der Waals surface area contributed by atoms with Gasteiger partial charge in [-0.05, 0) is 31.5 Å². The number of halogens is 1. The summed E-state index contributed by atoms with van der Waals surface area (Å²) in [6.07, 6.45) is 0. The number of nitrogens with zero attached hydrogens (tertiary/aromatic N) is 1. The van der Waals surface area contributed by atoms with Crippen molar-refractivity contribution in [3.05, 3.63) is 34.0 Å². The quantitative estimate of drug-likeness (QED) is 0.908. The number of ether oxygens (including phenoxy) is 1. The zero-order valence-electron chi connectivity index (χ0n) is 10.9. The number of hydrogen-bond acceptors (Lipinski definition) is 4. The fraction of sp³-hybridized carbons (Fsp3) is 0.214. The van der Waals surface area contributed by atoms with Crippen LogP contribution < -0.4 is 10.5 Å². The monoisotopic (exact) mass is 276 g/mol. The van der Waals surface area contributed by atoms with Crippen LogP contribution in [0.15, 0.2) is 16.5 Å². The van der Waals surface area contributed by atoms with Crippen molar-refractivity contribution in [3.8, 4) is 22.9 Å². The lowest BCUT2D eigenvalue weighted by Crippen LogP contribution is -1.94. The summed E-state index contributed by atoms with van der Waals surface area (Å²) in [4.78, 5) is 0. The molecule has 0 atom stereocenters. The first-order valence-electron chi connectivity index (χ1n) is 5.63. The van der Waals surface area contributed by atoms with Crippen molar-refractivity contribution in [2.24, 2.45) is 0 Å². The van der Waals surface area contributed by atoms with Gasteiger partial charge in [0, 0.05) is 16.1 Å². The maximum Gasteiger partial charge on any atom is 0.209 e. The first-order chi connectivity index (χ1) is 8.99. The molecule has 0 saturated heterocycles. The van der Waals surface area contributed by atoms with Gasteiger partial charge in [-0.3, -0.25) is 0 Å². The average Bonchev–Trinajstić information content (AvgIpc) is 2.62. The van der Waals surface area contributed by atoms with Gasteiger partial charge in [-0.1, -0.05) is 11.6 Å². The van der Waals surface area contributed by atoms with Gasteiger partial charge < -0.3 is 14.9 Å². The third-order valence-electron chi connectivity index (χ3n) is 2.94. The smallest absolute Gasteiger partial charge is 0.209 e. The Labute approximate surface area is 116 Å². The fourth-order valence-corrected chi connectivity index (χ4v) is 2.46. The number of methoxy groups -OCH3 is 1. The number of rotatable bonds is 2. The largest absolute Gasteiger partial charge is 0.496 e. The van der Waals surface area contributed by atoms with Crippen LogP contribution in [0.4, 0.5) is 5.88 Å². The van der Waals surface area contributed by atoms with Gasteiger partial charge >= 0.3 is 0 Å². The summed E-state index contributed by atoms with van der Waals surface area (Å²) in [7, 11) is 1.57. The van der Waals surface area contributed by atoms with Gasteiger partial charge in [-0.25, -0.2) is 0 Å². The van der Waals surface area contributed by atoms with Crippen LogP contribution in [-0.2, 0) is 0 Å². The van der Waals surface area contributed by atoms with Crippen molar-refractivity contribution < 1.29 is 9.15 Å². The third-order valence-corrected chi connectivity index (χ3v) is 3.15. The fourth-order valence-electron chi connectivity index (χ4n) is 2.19. The molecule has 0 amide bonds. The highest BCUT2D eigenvalue weighted by Crippen LogP contribution is 2.41. The lowest BCUT2D eigenvalue weighted by molar-refractivity contribution is 0.413. The summed E-state index contributed by atoms with van der Waals surface area (Å²) in [5, 5.41) is 9.78. The van der Waals surface area contributed by atoms with Crippen LogP contribution in [0, 0.1) is 25.2 Å². The third kappa shape index (κ3) is 2.13. The maximum atomic E-state index is 9.21. The molecule has 0 saturated carbocycles.